The Labute approximate surface area is 122 Å². The Morgan fingerprint density at radius 1 is 1.48 bits per heavy atom. The number of rotatable bonds is 4. The van der Waals surface area contributed by atoms with E-state index in [1.807, 2.05) is 24.3 Å². The van der Waals surface area contributed by atoms with E-state index in [9.17, 15) is 9.59 Å². The Morgan fingerprint density at radius 3 is 3.00 bits per heavy atom. The van der Waals surface area contributed by atoms with E-state index < -0.39 is 0 Å². The lowest BCUT2D eigenvalue weighted by atomic mass is 10.1. The Bertz CT molecular complexity index is 646. The maximum Gasteiger partial charge on any atom is 0.225 e. The number of para-hydroxylation sites is 2. The number of amides is 2. The van der Waals surface area contributed by atoms with Gasteiger partial charge in [-0.15, -0.1) is 0 Å². The highest BCUT2D eigenvalue weighted by Crippen LogP contribution is 2.16. The SMILES string of the molecule is CN1CC(C(=O)NCCc2nc3ccccc3[nH]2)CC1=O. The molecular formula is C15H18N4O2. The molecule has 6 nitrogen and oxygen atoms in total. The lowest BCUT2D eigenvalue weighted by molar-refractivity contribution is -0.128. The summed E-state index contributed by atoms with van der Waals surface area (Å²) in [6, 6.07) is 7.83. The molecule has 1 aliphatic rings. The lowest BCUT2D eigenvalue weighted by Gasteiger charge is -2.10. The highest BCUT2D eigenvalue weighted by molar-refractivity contribution is 5.89. The third kappa shape index (κ3) is 2.89. The van der Waals surface area contributed by atoms with Crippen LogP contribution in [0.5, 0.6) is 0 Å². The number of aromatic nitrogens is 2. The molecule has 0 aliphatic carbocycles. The Balaban J connectivity index is 1.52. The fraction of sp³-hybridized carbons (Fsp3) is 0.400. The molecule has 0 radical (unpaired) electrons. The van der Waals surface area contributed by atoms with E-state index in [-0.39, 0.29) is 17.7 Å². The predicted molar refractivity (Wildman–Crippen MR) is 78.6 cm³/mol. The summed E-state index contributed by atoms with van der Waals surface area (Å²) >= 11 is 0. The number of nitrogens with one attached hydrogen (secondary N) is 2. The van der Waals surface area contributed by atoms with E-state index in [1.54, 1.807) is 11.9 Å². The topological polar surface area (TPSA) is 78.1 Å². The van der Waals surface area contributed by atoms with E-state index in [4.69, 9.17) is 0 Å². The minimum Gasteiger partial charge on any atom is -0.355 e. The molecular weight excluding hydrogens is 268 g/mol. The van der Waals surface area contributed by atoms with Gasteiger partial charge < -0.3 is 15.2 Å². The van der Waals surface area contributed by atoms with Crippen molar-refractivity contribution in [2.24, 2.45) is 5.92 Å². The number of hydrogen-bond acceptors (Lipinski definition) is 3. The van der Waals surface area contributed by atoms with Crippen LogP contribution in [0.3, 0.4) is 0 Å². The summed E-state index contributed by atoms with van der Waals surface area (Å²) in [4.78, 5) is 32.7. The molecule has 1 unspecified atom stereocenters. The van der Waals surface area contributed by atoms with Gasteiger partial charge in [0.1, 0.15) is 5.82 Å². The van der Waals surface area contributed by atoms with Crippen molar-refractivity contribution in [1.82, 2.24) is 20.2 Å². The minimum absolute atomic E-state index is 0.0347. The molecule has 3 rings (SSSR count). The summed E-state index contributed by atoms with van der Waals surface area (Å²) in [6.45, 7) is 1.03. The Morgan fingerprint density at radius 2 is 2.29 bits per heavy atom. The van der Waals surface area contributed by atoms with Crippen LogP contribution in [0.1, 0.15) is 12.2 Å². The van der Waals surface area contributed by atoms with Crippen molar-refractivity contribution < 1.29 is 9.59 Å². The molecule has 110 valence electrons. The van der Waals surface area contributed by atoms with Gasteiger partial charge in [0.25, 0.3) is 0 Å². The average Bonchev–Trinajstić information content (AvgIpc) is 3.02. The molecule has 1 aliphatic heterocycles. The van der Waals surface area contributed by atoms with Crippen molar-refractivity contribution in [2.75, 3.05) is 20.1 Å². The van der Waals surface area contributed by atoms with Crippen LogP contribution in [-0.4, -0.2) is 46.8 Å². The van der Waals surface area contributed by atoms with Gasteiger partial charge in [-0.25, -0.2) is 4.98 Å². The number of H-pyrrole nitrogens is 1. The first-order valence-corrected chi connectivity index (χ1v) is 7.09. The van der Waals surface area contributed by atoms with Crippen molar-refractivity contribution in [3.8, 4) is 0 Å². The van der Waals surface area contributed by atoms with Gasteiger partial charge in [0.15, 0.2) is 0 Å². The molecule has 2 N–H and O–H groups in total. The first-order valence-electron chi connectivity index (χ1n) is 7.09. The van der Waals surface area contributed by atoms with Crippen LogP contribution in [0.15, 0.2) is 24.3 Å². The average molecular weight is 286 g/mol. The predicted octanol–water partition coefficient (Wildman–Crippen LogP) is 0.700. The molecule has 2 amide bonds. The summed E-state index contributed by atoms with van der Waals surface area (Å²) in [7, 11) is 1.73. The Hall–Kier alpha value is -2.37. The summed E-state index contributed by atoms with van der Waals surface area (Å²) in [6.07, 6.45) is 0.962. The van der Waals surface area contributed by atoms with Crippen LogP contribution >= 0.6 is 0 Å². The van der Waals surface area contributed by atoms with Crippen molar-refractivity contribution in [2.45, 2.75) is 12.8 Å². The van der Waals surface area contributed by atoms with Gasteiger partial charge in [0.05, 0.1) is 17.0 Å². The van der Waals surface area contributed by atoms with Crippen molar-refractivity contribution in [3.63, 3.8) is 0 Å². The maximum absolute atomic E-state index is 12.0. The number of aromatic amines is 1. The van der Waals surface area contributed by atoms with Crippen molar-refractivity contribution in [1.29, 1.82) is 0 Å². The second-order valence-electron chi connectivity index (χ2n) is 5.42. The molecule has 2 aromatic rings. The van der Waals surface area contributed by atoms with Crippen LogP contribution in [0.25, 0.3) is 11.0 Å². The maximum atomic E-state index is 12.0. The zero-order valence-corrected chi connectivity index (χ0v) is 11.9. The first kappa shape index (κ1) is 13.6. The molecule has 1 fully saturated rings. The Kier molecular flexibility index (Phi) is 3.60. The van der Waals surface area contributed by atoms with E-state index >= 15 is 0 Å². The van der Waals surface area contributed by atoms with Crippen LogP contribution < -0.4 is 5.32 Å². The van der Waals surface area contributed by atoms with E-state index in [0.717, 1.165) is 16.9 Å². The third-order valence-electron chi connectivity index (χ3n) is 3.81. The van der Waals surface area contributed by atoms with Crippen LogP contribution in [0, 0.1) is 5.92 Å². The number of carbonyl (C=O) groups excluding carboxylic acids is 2. The molecule has 1 aromatic carbocycles. The van der Waals surface area contributed by atoms with E-state index in [0.29, 0.717) is 25.9 Å². The van der Waals surface area contributed by atoms with Crippen molar-refractivity contribution in [3.05, 3.63) is 30.1 Å². The molecule has 6 heteroatoms. The normalized spacial score (nSPS) is 18.4. The smallest absolute Gasteiger partial charge is 0.225 e. The number of carbonyl (C=O) groups is 2. The molecule has 1 atom stereocenters. The molecule has 2 heterocycles. The van der Waals surface area contributed by atoms with Crippen LogP contribution in [0.2, 0.25) is 0 Å². The summed E-state index contributed by atoms with van der Waals surface area (Å²) < 4.78 is 0. The number of fused-ring (bicyclic) bond motifs is 1. The highest BCUT2D eigenvalue weighted by Gasteiger charge is 2.31. The second kappa shape index (κ2) is 5.55. The largest absolute Gasteiger partial charge is 0.355 e. The summed E-state index contributed by atoms with van der Waals surface area (Å²) in [5.74, 6) is 0.616. The third-order valence-corrected chi connectivity index (χ3v) is 3.81. The van der Waals surface area contributed by atoms with Crippen LogP contribution in [-0.2, 0) is 16.0 Å². The van der Waals surface area contributed by atoms with Gasteiger partial charge in [-0.3, -0.25) is 9.59 Å². The molecule has 0 saturated carbocycles. The lowest BCUT2D eigenvalue weighted by Crippen LogP contribution is -2.33. The van der Waals surface area contributed by atoms with E-state index in [1.165, 1.54) is 0 Å². The molecule has 21 heavy (non-hydrogen) atoms. The minimum atomic E-state index is -0.224. The number of likely N-dealkylation sites (tertiary alicyclic amines) is 1. The van der Waals surface area contributed by atoms with Gasteiger partial charge in [-0.1, -0.05) is 12.1 Å². The van der Waals surface area contributed by atoms with Crippen molar-refractivity contribution >= 4 is 22.8 Å². The van der Waals surface area contributed by atoms with Gasteiger partial charge >= 0.3 is 0 Å². The van der Waals surface area contributed by atoms with E-state index in [2.05, 4.69) is 15.3 Å². The molecule has 0 bridgehead atoms. The first-order chi connectivity index (χ1) is 10.1. The van der Waals surface area contributed by atoms with Gasteiger partial charge in [0.2, 0.25) is 11.8 Å². The summed E-state index contributed by atoms with van der Waals surface area (Å²) in [5.41, 5.74) is 1.93. The fourth-order valence-corrected chi connectivity index (χ4v) is 2.61. The molecule has 0 spiro atoms. The van der Waals surface area contributed by atoms with Gasteiger partial charge in [0, 0.05) is 33.0 Å². The quantitative estimate of drug-likeness (QED) is 0.868. The zero-order chi connectivity index (χ0) is 14.8. The number of hydrogen-bond donors (Lipinski definition) is 2. The van der Waals surface area contributed by atoms with Crippen LogP contribution in [0.4, 0.5) is 0 Å². The second-order valence-corrected chi connectivity index (χ2v) is 5.42. The molecule has 1 saturated heterocycles. The molecule has 1 aromatic heterocycles. The standard InChI is InChI=1S/C15H18N4O2/c1-19-9-10(8-14(19)20)15(21)16-7-6-13-17-11-4-2-3-5-12(11)18-13/h2-5,10H,6-9H2,1H3,(H,16,21)(H,17,18). The number of benzene rings is 1. The number of nitrogens with zero attached hydrogens (tertiary/aromatic N) is 2. The summed E-state index contributed by atoms with van der Waals surface area (Å²) in [5, 5.41) is 2.88. The highest BCUT2D eigenvalue weighted by atomic mass is 16.2. The van der Waals surface area contributed by atoms with Gasteiger partial charge in [-0.2, -0.15) is 0 Å². The van der Waals surface area contributed by atoms with Gasteiger partial charge in [-0.05, 0) is 12.1 Å². The zero-order valence-electron chi connectivity index (χ0n) is 11.9. The number of imidazole rings is 1. The monoisotopic (exact) mass is 286 g/mol. The fourth-order valence-electron chi connectivity index (χ4n) is 2.61.